The van der Waals surface area contributed by atoms with Crippen molar-refractivity contribution in [2.45, 2.75) is 13.3 Å². The standard InChI is InChI=1S/C13H12FNOS2/c1-2-7-15-12(16)11(18-13(15)17)8-9-3-5-10(14)6-4-9/h3-6,8H,2,7H2,1H3. The lowest BCUT2D eigenvalue weighted by atomic mass is 10.2. The largest absolute Gasteiger partial charge is 0.293 e. The number of nitrogens with zero attached hydrogens (tertiary/aromatic N) is 1. The summed E-state index contributed by atoms with van der Waals surface area (Å²) in [5.41, 5.74) is 0.799. The maximum Gasteiger partial charge on any atom is 0.266 e. The third-order valence-corrected chi connectivity index (χ3v) is 3.87. The highest BCUT2D eigenvalue weighted by Crippen LogP contribution is 2.32. The van der Waals surface area contributed by atoms with Crippen LogP contribution in [0.4, 0.5) is 4.39 Å². The van der Waals surface area contributed by atoms with Crippen LogP contribution in [0.1, 0.15) is 18.9 Å². The Hall–Kier alpha value is -1.20. The van der Waals surface area contributed by atoms with E-state index in [0.717, 1.165) is 12.0 Å². The van der Waals surface area contributed by atoms with Gasteiger partial charge in [-0.25, -0.2) is 4.39 Å². The number of thioether (sulfide) groups is 1. The van der Waals surface area contributed by atoms with E-state index in [1.54, 1.807) is 23.1 Å². The number of hydrogen-bond donors (Lipinski definition) is 0. The first-order valence-corrected chi connectivity index (χ1v) is 6.85. The van der Waals surface area contributed by atoms with Gasteiger partial charge in [-0.15, -0.1) is 0 Å². The van der Waals surface area contributed by atoms with Crippen LogP contribution >= 0.6 is 24.0 Å². The Balaban J connectivity index is 2.22. The van der Waals surface area contributed by atoms with Gasteiger partial charge in [-0.3, -0.25) is 9.69 Å². The molecule has 94 valence electrons. The number of benzene rings is 1. The van der Waals surface area contributed by atoms with E-state index in [0.29, 0.717) is 15.8 Å². The van der Waals surface area contributed by atoms with Crippen molar-refractivity contribution < 1.29 is 9.18 Å². The smallest absolute Gasteiger partial charge is 0.266 e. The van der Waals surface area contributed by atoms with E-state index in [1.807, 2.05) is 6.92 Å². The minimum Gasteiger partial charge on any atom is -0.293 e. The Labute approximate surface area is 115 Å². The summed E-state index contributed by atoms with van der Waals surface area (Å²) >= 11 is 6.46. The molecule has 1 heterocycles. The zero-order valence-electron chi connectivity index (χ0n) is 9.85. The topological polar surface area (TPSA) is 20.3 Å². The van der Waals surface area contributed by atoms with E-state index in [2.05, 4.69) is 0 Å². The van der Waals surface area contributed by atoms with Gasteiger partial charge in [0, 0.05) is 6.54 Å². The van der Waals surface area contributed by atoms with Crippen molar-refractivity contribution in [3.63, 3.8) is 0 Å². The summed E-state index contributed by atoms with van der Waals surface area (Å²) in [5, 5.41) is 0. The van der Waals surface area contributed by atoms with Crippen molar-refractivity contribution in [2.75, 3.05) is 6.54 Å². The van der Waals surface area contributed by atoms with E-state index in [-0.39, 0.29) is 11.7 Å². The third kappa shape index (κ3) is 2.79. The van der Waals surface area contributed by atoms with Crippen LogP contribution in [0, 0.1) is 5.82 Å². The minimum absolute atomic E-state index is 0.0591. The van der Waals surface area contributed by atoms with Gasteiger partial charge in [-0.05, 0) is 30.2 Å². The lowest BCUT2D eigenvalue weighted by Crippen LogP contribution is -2.28. The van der Waals surface area contributed by atoms with Crippen LogP contribution in [0.5, 0.6) is 0 Å². The number of rotatable bonds is 3. The quantitative estimate of drug-likeness (QED) is 0.625. The molecule has 0 saturated carbocycles. The Morgan fingerprint density at radius 1 is 1.39 bits per heavy atom. The summed E-state index contributed by atoms with van der Waals surface area (Å²) in [5.74, 6) is -0.346. The summed E-state index contributed by atoms with van der Waals surface area (Å²) in [6.07, 6.45) is 2.62. The van der Waals surface area contributed by atoms with E-state index < -0.39 is 0 Å². The molecule has 1 aromatic carbocycles. The number of hydrogen-bond acceptors (Lipinski definition) is 3. The number of carbonyl (C=O) groups is 1. The van der Waals surface area contributed by atoms with Gasteiger partial charge >= 0.3 is 0 Å². The first kappa shape index (κ1) is 13.2. The van der Waals surface area contributed by atoms with E-state index >= 15 is 0 Å². The second-order valence-corrected chi connectivity index (χ2v) is 5.56. The van der Waals surface area contributed by atoms with Crippen LogP contribution in [-0.4, -0.2) is 21.7 Å². The van der Waals surface area contributed by atoms with Gasteiger partial charge in [0.2, 0.25) is 0 Å². The second-order valence-electron chi connectivity index (χ2n) is 3.88. The lowest BCUT2D eigenvalue weighted by Gasteiger charge is -2.11. The molecule has 0 aromatic heterocycles. The van der Waals surface area contributed by atoms with Crippen molar-refractivity contribution in [3.8, 4) is 0 Å². The predicted molar refractivity (Wildman–Crippen MR) is 76.6 cm³/mol. The molecule has 0 unspecified atom stereocenters. The highest BCUT2D eigenvalue weighted by Gasteiger charge is 2.30. The van der Waals surface area contributed by atoms with Crippen molar-refractivity contribution in [1.82, 2.24) is 4.90 Å². The summed E-state index contributed by atoms with van der Waals surface area (Å²) in [6.45, 7) is 2.65. The van der Waals surface area contributed by atoms with Gasteiger partial charge in [0.15, 0.2) is 0 Å². The number of carbonyl (C=O) groups excluding carboxylic acids is 1. The Kier molecular flexibility index (Phi) is 4.14. The molecule has 2 nitrogen and oxygen atoms in total. The van der Waals surface area contributed by atoms with Crippen LogP contribution in [0.2, 0.25) is 0 Å². The second kappa shape index (κ2) is 5.63. The Morgan fingerprint density at radius 3 is 2.67 bits per heavy atom. The Morgan fingerprint density at radius 2 is 2.06 bits per heavy atom. The van der Waals surface area contributed by atoms with Gasteiger partial charge < -0.3 is 0 Å². The zero-order valence-corrected chi connectivity index (χ0v) is 11.5. The third-order valence-electron chi connectivity index (χ3n) is 2.49. The van der Waals surface area contributed by atoms with Crippen molar-refractivity contribution in [1.29, 1.82) is 0 Å². The van der Waals surface area contributed by atoms with Crippen molar-refractivity contribution >= 4 is 40.3 Å². The fourth-order valence-electron chi connectivity index (χ4n) is 1.63. The molecule has 0 aliphatic carbocycles. The first-order chi connectivity index (χ1) is 8.61. The molecule has 1 aliphatic heterocycles. The van der Waals surface area contributed by atoms with E-state index in [9.17, 15) is 9.18 Å². The van der Waals surface area contributed by atoms with Gasteiger partial charge in [-0.1, -0.05) is 43.0 Å². The lowest BCUT2D eigenvalue weighted by molar-refractivity contribution is -0.122. The average molecular weight is 281 g/mol. The highest BCUT2D eigenvalue weighted by atomic mass is 32.2. The van der Waals surface area contributed by atoms with Crippen molar-refractivity contribution in [3.05, 3.63) is 40.6 Å². The van der Waals surface area contributed by atoms with E-state index in [4.69, 9.17) is 12.2 Å². The van der Waals surface area contributed by atoms with Gasteiger partial charge in [0.1, 0.15) is 10.1 Å². The molecular weight excluding hydrogens is 269 g/mol. The normalized spacial score (nSPS) is 17.9. The minimum atomic E-state index is -0.286. The SMILES string of the molecule is CCCN1C(=O)C(=Cc2ccc(F)cc2)SC1=S. The molecule has 1 saturated heterocycles. The van der Waals surface area contributed by atoms with Crippen molar-refractivity contribution in [2.24, 2.45) is 0 Å². The molecule has 1 aromatic rings. The molecule has 0 N–H and O–H groups in total. The molecule has 0 atom stereocenters. The fraction of sp³-hybridized carbons (Fsp3) is 0.231. The molecule has 0 spiro atoms. The molecule has 5 heteroatoms. The molecule has 18 heavy (non-hydrogen) atoms. The van der Waals surface area contributed by atoms with Crippen LogP contribution in [0.3, 0.4) is 0 Å². The summed E-state index contributed by atoms with van der Waals surface area (Å²) in [4.78, 5) is 14.3. The molecule has 0 radical (unpaired) electrons. The number of thiocarbonyl (C=S) groups is 1. The van der Waals surface area contributed by atoms with Crippen LogP contribution in [0.15, 0.2) is 29.2 Å². The summed E-state index contributed by atoms with van der Waals surface area (Å²) in [6, 6.07) is 6.03. The average Bonchev–Trinajstić information content (AvgIpc) is 2.60. The molecule has 2 rings (SSSR count). The van der Waals surface area contributed by atoms with E-state index in [1.165, 1.54) is 23.9 Å². The predicted octanol–water partition coefficient (Wildman–Crippen LogP) is 3.44. The highest BCUT2D eigenvalue weighted by molar-refractivity contribution is 8.26. The first-order valence-electron chi connectivity index (χ1n) is 5.62. The maximum atomic E-state index is 12.8. The molecule has 1 aliphatic rings. The van der Waals surface area contributed by atoms with Crippen LogP contribution < -0.4 is 0 Å². The summed E-state index contributed by atoms with van der Waals surface area (Å²) in [7, 11) is 0. The monoisotopic (exact) mass is 281 g/mol. The summed E-state index contributed by atoms with van der Waals surface area (Å²) < 4.78 is 13.4. The van der Waals surface area contributed by atoms with Gasteiger partial charge in [0.05, 0.1) is 4.91 Å². The van der Waals surface area contributed by atoms with Crippen LogP contribution in [-0.2, 0) is 4.79 Å². The number of amides is 1. The molecule has 0 bridgehead atoms. The zero-order chi connectivity index (χ0) is 13.1. The molecule has 1 amide bonds. The molecule has 1 fully saturated rings. The van der Waals surface area contributed by atoms with Crippen LogP contribution in [0.25, 0.3) is 6.08 Å². The fourth-order valence-corrected chi connectivity index (χ4v) is 2.94. The Bertz CT molecular complexity index is 510. The van der Waals surface area contributed by atoms with Gasteiger partial charge in [0.25, 0.3) is 5.91 Å². The number of halogens is 1. The van der Waals surface area contributed by atoms with Gasteiger partial charge in [-0.2, -0.15) is 0 Å². The molecular formula is C13H12FNOS2. The maximum absolute atomic E-state index is 12.8.